The summed E-state index contributed by atoms with van der Waals surface area (Å²) < 4.78 is 11.9. The molecule has 0 spiro atoms. The highest BCUT2D eigenvalue weighted by atomic mass is 28.4. The van der Waals surface area contributed by atoms with Crippen molar-refractivity contribution in [2.45, 2.75) is 86.0 Å². The van der Waals surface area contributed by atoms with Crippen LogP contribution in [0.5, 0.6) is 0 Å². The van der Waals surface area contributed by atoms with Gasteiger partial charge in [0.05, 0.1) is 12.7 Å². The highest BCUT2D eigenvalue weighted by Crippen LogP contribution is 2.30. The van der Waals surface area contributed by atoms with Crippen LogP contribution in [0.2, 0.25) is 18.1 Å². The second-order valence-corrected chi connectivity index (χ2v) is 11.3. The summed E-state index contributed by atoms with van der Waals surface area (Å²) >= 11 is 0. The zero-order chi connectivity index (χ0) is 18.8. The van der Waals surface area contributed by atoms with Gasteiger partial charge in [0.25, 0.3) is 0 Å². The van der Waals surface area contributed by atoms with E-state index >= 15 is 0 Å². The minimum atomic E-state index is -1.71. The van der Waals surface area contributed by atoms with Gasteiger partial charge in [-0.2, -0.15) is 0 Å². The molecule has 0 aliphatic rings. The van der Waals surface area contributed by atoms with Crippen LogP contribution in [0.25, 0.3) is 0 Å². The van der Waals surface area contributed by atoms with Crippen molar-refractivity contribution in [3.8, 4) is 0 Å². The first-order chi connectivity index (χ1) is 11.3. The van der Waals surface area contributed by atoms with E-state index < -0.39 is 8.32 Å². The standard InChI is InChI=1S/C20H38O3Si/c1-9-14-16(6)19(23-24(11-3,12-4)13-5)17(7)15-18(8)20(21)22-10-2/h14-15,17,19H,9-13H2,1-8H3/b16-14+,18-15+. The van der Waals surface area contributed by atoms with Crippen LogP contribution in [-0.4, -0.2) is 27.0 Å². The van der Waals surface area contributed by atoms with Gasteiger partial charge in [0.2, 0.25) is 0 Å². The fraction of sp³-hybridized carbons (Fsp3) is 0.750. The van der Waals surface area contributed by atoms with Crippen LogP contribution in [0.15, 0.2) is 23.3 Å². The molecule has 0 aromatic heterocycles. The molecule has 0 radical (unpaired) electrons. The smallest absolute Gasteiger partial charge is 0.333 e. The number of rotatable bonds is 11. The van der Waals surface area contributed by atoms with Crippen molar-refractivity contribution in [2.24, 2.45) is 5.92 Å². The predicted molar refractivity (Wildman–Crippen MR) is 106 cm³/mol. The summed E-state index contributed by atoms with van der Waals surface area (Å²) in [5.74, 6) is -0.0843. The molecule has 0 fully saturated rings. The van der Waals surface area contributed by atoms with Gasteiger partial charge in [-0.05, 0) is 50.9 Å². The van der Waals surface area contributed by atoms with Crippen LogP contribution in [0.4, 0.5) is 0 Å². The summed E-state index contributed by atoms with van der Waals surface area (Å²) in [5, 5.41) is 0. The van der Waals surface area contributed by atoms with Crippen molar-refractivity contribution < 1.29 is 14.0 Å². The lowest BCUT2D eigenvalue weighted by Gasteiger charge is -2.36. The van der Waals surface area contributed by atoms with Gasteiger partial charge in [-0.25, -0.2) is 4.79 Å². The van der Waals surface area contributed by atoms with Gasteiger partial charge in [0.15, 0.2) is 8.32 Å². The normalized spacial score (nSPS) is 16.0. The maximum atomic E-state index is 11.9. The highest BCUT2D eigenvalue weighted by molar-refractivity contribution is 6.73. The lowest BCUT2D eigenvalue weighted by atomic mass is 9.95. The van der Waals surface area contributed by atoms with Crippen LogP contribution in [0, 0.1) is 5.92 Å². The molecule has 2 unspecified atom stereocenters. The Balaban J connectivity index is 5.52. The summed E-state index contributed by atoms with van der Waals surface area (Å²) in [6.07, 6.45) is 5.29. The van der Waals surface area contributed by atoms with E-state index in [9.17, 15) is 4.79 Å². The van der Waals surface area contributed by atoms with Gasteiger partial charge in [0.1, 0.15) is 0 Å². The summed E-state index contributed by atoms with van der Waals surface area (Å²) in [6, 6.07) is 3.38. The fourth-order valence-corrected chi connectivity index (χ4v) is 6.06. The predicted octanol–water partition coefficient (Wildman–Crippen LogP) is 5.88. The molecule has 0 aliphatic carbocycles. The molecule has 0 rings (SSSR count). The third-order valence-electron chi connectivity index (χ3n) is 4.87. The van der Waals surface area contributed by atoms with E-state index in [4.69, 9.17) is 9.16 Å². The molecule has 0 bridgehead atoms. The SMILES string of the molecule is CC/C=C(\C)C(O[Si](CC)(CC)CC)C(C)/C=C(\C)C(=O)OCC. The molecule has 0 saturated carbocycles. The Kier molecular flexibility index (Phi) is 11.2. The molecule has 0 aromatic carbocycles. The molecule has 4 heteroatoms. The number of hydrogen-bond acceptors (Lipinski definition) is 3. The van der Waals surface area contributed by atoms with Crippen molar-refractivity contribution in [3.05, 3.63) is 23.3 Å². The second kappa shape index (κ2) is 11.6. The van der Waals surface area contributed by atoms with Gasteiger partial charge in [-0.1, -0.05) is 46.8 Å². The lowest BCUT2D eigenvalue weighted by Crippen LogP contribution is -2.42. The van der Waals surface area contributed by atoms with Crippen LogP contribution >= 0.6 is 0 Å². The molecule has 0 N–H and O–H groups in total. The van der Waals surface area contributed by atoms with Crippen molar-refractivity contribution in [3.63, 3.8) is 0 Å². The van der Waals surface area contributed by atoms with E-state index in [1.54, 1.807) is 0 Å². The topological polar surface area (TPSA) is 35.5 Å². The Morgan fingerprint density at radius 1 is 1.04 bits per heavy atom. The van der Waals surface area contributed by atoms with E-state index in [1.807, 2.05) is 19.9 Å². The third-order valence-corrected chi connectivity index (χ3v) is 9.49. The first kappa shape index (κ1) is 23.1. The molecular formula is C20H38O3Si. The van der Waals surface area contributed by atoms with Crippen LogP contribution in [0.3, 0.4) is 0 Å². The summed E-state index contributed by atoms with van der Waals surface area (Å²) in [7, 11) is -1.71. The second-order valence-electron chi connectivity index (χ2n) is 6.57. The van der Waals surface area contributed by atoms with Crippen LogP contribution in [-0.2, 0) is 14.0 Å². The molecule has 2 atom stereocenters. The van der Waals surface area contributed by atoms with Gasteiger partial charge in [-0.3, -0.25) is 0 Å². The van der Waals surface area contributed by atoms with E-state index in [1.165, 1.54) is 5.57 Å². The number of ether oxygens (including phenoxy) is 1. The average Bonchev–Trinajstić information content (AvgIpc) is 2.56. The first-order valence-corrected chi connectivity index (χ1v) is 12.0. The van der Waals surface area contributed by atoms with Gasteiger partial charge >= 0.3 is 5.97 Å². The van der Waals surface area contributed by atoms with E-state index in [2.05, 4.69) is 47.6 Å². The Labute approximate surface area is 150 Å². The molecule has 0 heterocycles. The van der Waals surface area contributed by atoms with Crippen molar-refractivity contribution in [1.82, 2.24) is 0 Å². The summed E-state index contributed by atoms with van der Waals surface area (Å²) in [5.41, 5.74) is 1.93. The van der Waals surface area contributed by atoms with Crippen molar-refractivity contribution in [2.75, 3.05) is 6.61 Å². The highest BCUT2D eigenvalue weighted by Gasteiger charge is 2.34. The molecule has 140 valence electrons. The molecule has 0 saturated heterocycles. The maximum Gasteiger partial charge on any atom is 0.333 e. The molecule has 3 nitrogen and oxygen atoms in total. The van der Waals surface area contributed by atoms with E-state index in [-0.39, 0.29) is 18.0 Å². The minimum Gasteiger partial charge on any atom is -0.463 e. The molecule has 0 aromatic rings. The van der Waals surface area contributed by atoms with Crippen LogP contribution < -0.4 is 0 Å². The quantitative estimate of drug-likeness (QED) is 0.201. The molecule has 0 aliphatic heterocycles. The Bertz CT molecular complexity index is 428. The minimum absolute atomic E-state index is 0.0424. The number of hydrogen-bond donors (Lipinski definition) is 0. The van der Waals surface area contributed by atoms with Crippen molar-refractivity contribution >= 4 is 14.3 Å². The zero-order valence-corrected chi connectivity index (χ0v) is 18.1. The summed E-state index contributed by atoms with van der Waals surface area (Å²) in [6.45, 7) is 17.3. The van der Waals surface area contributed by atoms with Crippen LogP contribution in [0.1, 0.15) is 61.8 Å². The van der Waals surface area contributed by atoms with Crippen molar-refractivity contribution in [1.29, 1.82) is 0 Å². The zero-order valence-electron chi connectivity index (χ0n) is 17.1. The molecule has 0 amide bonds. The third kappa shape index (κ3) is 6.94. The molecular weight excluding hydrogens is 316 g/mol. The number of carbonyl (C=O) groups excluding carboxylic acids is 1. The van der Waals surface area contributed by atoms with E-state index in [0.29, 0.717) is 12.2 Å². The van der Waals surface area contributed by atoms with E-state index in [0.717, 1.165) is 24.6 Å². The molecule has 24 heavy (non-hydrogen) atoms. The average molecular weight is 355 g/mol. The van der Waals surface area contributed by atoms with Gasteiger partial charge in [-0.15, -0.1) is 0 Å². The Morgan fingerprint density at radius 3 is 2.00 bits per heavy atom. The van der Waals surface area contributed by atoms with Gasteiger partial charge in [0, 0.05) is 11.5 Å². The lowest BCUT2D eigenvalue weighted by molar-refractivity contribution is -0.138. The fourth-order valence-electron chi connectivity index (χ4n) is 3.12. The maximum absolute atomic E-state index is 11.9. The Morgan fingerprint density at radius 2 is 1.58 bits per heavy atom. The van der Waals surface area contributed by atoms with Gasteiger partial charge < -0.3 is 9.16 Å². The number of allylic oxidation sites excluding steroid dienone is 1. The first-order valence-electron chi connectivity index (χ1n) is 9.50. The Hall–Kier alpha value is -0.873. The number of carbonyl (C=O) groups is 1. The monoisotopic (exact) mass is 354 g/mol. The largest absolute Gasteiger partial charge is 0.463 e. The summed E-state index contributed by atoms with van der Waals surface area (Å²) in [4.78, 5) is 11.9. The number of esters is 1.